The second-order valence-corrected chi connectivity index (χ2v) is 3.22. The number of carbonyl (C=O) groups is 4. The molecular formula is C9H14N2O4. The maximum atomic E-state index is 10.5. The van der Waals surface area contributed by atoms with Crippen LogP contribution in [0.2, 0.25) is 0 Å². The summed E-state index contributed by atoms with van der Waals surface area (Å²) in [7, 11) is 0. The van der Waals surface area contributed by atoms with Gasteiger partial charge in [-0.2, -0.15) is 0 Å². The Morgan fingerprint density at radius 3 is 1.53 bits per heavy atom. The lowest BCUT2D eigenvalue weighted by molar-refractivity contribution is -0.130. The lowest BCUT2D eigenvalue weighted by Gasteiger charge is -2.04. The first-order valence-corrected chi connectivity index (χ1v) is 4.52. The maximum Gasteiger partial charge on any atom is 0.226 e. The summed E-state index contributed by atoms with van der Waals surface area (Å²) in [5.74, 6) is -1.15. The fourth-order valence-electron chi connectivity index (χ4n) is 1.05. The van der Waals surface area contributed by atoms with E-state index >= 15 is 0 Å². The average Bonchev–Trinajstić information content (AvgIpc) is 2.01. The van der Waals surface area contributed by atoms with Gasteiger partial charge in [0.1, 0.15) is 18.0 Å². The molecule has 1 rings (SSSR count). The molecule has 0 bridgehead atoms. The molecule has 0 saturated heterocycles. The van der Waals surface area contributed by atoms with Crippen LogP contribution in [0.3, 0.4) is 0 Å². The minimum Gasteiger partial charge on any atom is -0.369 e. The molecule has 0 aromatic heterocycles. The van der Waals surface area contributed by atoms with Crippen molar-refractivity contribution in [1.82, 2.24) is 0 Å². The molecule has 0 aromatic carbocycles. The van der Waals surface area contributed by atoms with Gasteiger partial charge in [0.25, 0.3) is 0 Å². The molecule has 1 fully saturated rings. The van der Waals surface area contributed by atoms with Crippen LogP contribution in [-0.4, -0.2) is 23.4 Å². The van der Waals surface area contributed by atoms with Gasteiger partial charge in [-0.3, -0.25) is 19.2 Å². The number of primary amides is 2. The van der Waals surface area contributed by atoms with Gasteiger partial charge in [-0.15, -0.1) is 0 Å². The monoisotopic (exact) mass is 214 g/mol. The molecule has 0 atom stereocenters. The van der Waals surface area contributed by atoms with E-state index < -0.39 is 11.8 Å². The highest BCUT2D eigenvalue weighted by Crippen LogP contribution is 2.09. The van der Waals surface area contributed by atoms with Crippen molar-refractivity contribution in [3.63, 3.8) is 0 Å². The van der Waals surface area contributed by atoms with E-state index in [1.165, 1.54) is 0 Å². The van der Waals surface area contributed by atoms with Crippen LogP contribution in [0.5, 0.6) is 0 Å². The van der Waals surface area contributed by atoms with Gasteiger partial charge in [0, 0.05) is 12.8 Å². The second-order valence-electron chi connectivity index (χ2n) is 3.22. The van der Waals surface area contributed by atoms with Gasteiger partial charge >= 0.3 is 0 Å². The summed E-state index contributed by atoms with van der Waals surface area (Å²) in [5, 5.41) is 0. The maximum absolute atomic E-state index is 10.5. The van der Waals surface area contributed by atoms with Gasteiger partial charge in [0.15, 0.2) is 0 Å². The molecule has 0 unspecified atom stereocenters. The van der Waals surface area contributed by atoms with Crippen molar-refractivity contribution in [3.05, 3.63) is 0 Å². The molecule has 0 radical (unpaired) electrons. The van der Waals surface area contributed by atoms with Crippen LogP contribution in [0, 0.1) is 0 Å². The molecule has 1 aliphatic rings. The molecular weight excluding hydrogens is 200 g/mol. The third-order valence-corrected chi connectivity index (χ3v) is 1.65. The van der Waals surface area contributed by atoms with E-state index in [0.717, 1.165) is 6.42 Å². The third kappa shape index (κ3) is 8.61. The topological polar surface area (TPSA) is 120 Å². The largest absolute Gasteiger partial charge is 0.369 e. The van der Waals surface area contributed by atoms with Gasteiger partial charge in [-0.25, -0.2) is 0 Å². The summed E-state index contributed by atoms with van der Waals surface area (Å²) < 4.78 is 0. The zero-order chi connectivity index (χ0) is 11.8. The van der Waals surface area contributed by atoms with Crippen LogP contribution >= 0.6 is 0 Å². The van der Waals surface area contributed by atoms with Gasteiger partial charge in [0.05, 0.1) is 6.42 Å². The van der Waals surface area contributed by atoms with Crippen molar-refractivity contribution < 1.29 is 19.2 Å². The summed E-state index contributed by atoms with van der Waals surface area (Å²) >= 11 is 0. The Hall–Kier alpha value is -1.72. The van der Waals surface area contributed by atoms with Crippen molar-refractivity contribution in [2.75, 3.05) is 0 Å². The first kappa shape index (κ1) is 13.3. The highest BCUT2D eigenvalue weighted by Gasteiger charge is 2.14. The standard InChI is InChI=1S/C6H8O2.C3H6N2O2/c7-5-2-1-3-6(8)4-5;4-2(6)1-3(5)7/h1-4H2;1H2,(H2,4,6)(H2,5,7). The number of ketones is 2. The lowest BCUT2D eigenvalue weighted by Crippen LogP contribution is -2.21. The number of nitrogens with two attached hydrogens (primary N) is 2. The summed E-state index contributed by atoms with van der Waals surface area (Å²) in [4.78, 5) is 40.4. The minimum atomic E-state index is -0.687. The third-order valence-electron chi connectivity index (χ3n) is 1.65. The molecule has 4 N–H and O–H groups in total. The number of rotatable bonds is 2. The van der Waals surface area contributed by atoms with E-state index in [2.05, 4.69) is 11.5 Å². The van der Waals surface area contributed by atoms with Crippen molar-refractivity contribution in [2.24, 2.45) is 11.5 Å². The Bertz CT molecular complexity index is 260. The van der Waals surface area contributed by atoms with Crippen LogP contribution in [0.1, 0.15) is 32.1 Å². The Morgan fingerprint density at radius 1 is 1.00 bits per heavy atom. The zero-order valence-electron chi connectivity index (χ0n) is 8.32. The van der Waals surface area contributed by atoms with Crippen molar-refractivity contribution in [1.29, 1.82) is 0 Å². The SMILES string of the molecule is NC(=O)CC(N)=O.O=C1CCCC(=O)C1. The van der Waals surface area contributed by atoms with Crippen molar-refractivity contribution >= 4 is 23.4 Å². The number of hydrogen-bond donors (Lipinski definition) is 2. The Balaban J connectivity index is 0.000000265. The second kappa shape index (κ2) is 6.69. The first-order valence-electron chi connectivity index (χ1n) is 4.52. The highest BCUT2D eigenvalue weighted by molar-refractivity contribution is 6.01. The summed E-state index contributed by atoms with van der Waals surface area (Å²) in [6.07, 6.45) is 1.84. The van der Waals surface area contributed by atoms with Gasteiger partial charge in [0.2, 0.25) is 11.8 Å². The fraction of sp³-hybridized carbons (Fsp3) is 0.556. The minimum absolute atomic E-state index is 0.112. The molecule has 84 valence electrons. The molecule has 6 nitrogen and oxygen atoms in total. The number of hydrogen-bond acceptors (Lipinski definition) is 4. The molecule has 15 heavy (non-hydrogen) atoms. The van der Waals surface area contributed by atoms with Crippen LogP contribution in [0.4, 0.5) is 0 Å². The molecule has 2 amide bonds. The van der Waals surface area contributed by atoms with E-state index in [4.69, 9.17) is 0 Å². The Kier molecular flexibility index (Phi) is 5.92. The van der Waals surface area contributed by atoms with Crippen molar-refractivity contribution in [3.8, 4) is 0 Å². The van der Waals surface area contributed by atoms with Gasteiger partial charge in [-0.05, 0) is 6.42 Å². The molecule has 0 aliphatic heterocycles. The van der Waals surface area contributed by atoms with Gasteiger partial charge in [-0.1, -0.05) is 0 Å². The van der Waals surface area contributed by atoms with Crippen molar-refractivity contribution in [2.45, 2.75) is 32.1 Å². The number of carbonyl (C=O) groups excluding carboxylic acids is 4. The molecule has 1 aliphatic carbocycles. The van der Waals surface area contributed by atoms with E-state index in [9.17, 15) is 19.2 Å². The quantitative estimate of drug-likeness (QED) is 0.575. The summed E-state index contributed by atoms with van der Waals surface area (Å²) in [5.41, 5.74) is 9.11. The normalized spacial score (nSPS) is 15.2. The van der Waals surface area contributed by atoms with E-state index in [1.54, 1.807) is 0 Å². The van der Waals surface area contributed by atoms with Crippen LogP contribution < -0.4 is 11.5 Å². The van der Waals surface area contributed by atoms with E-state index in [1.807, 2.05) is 0 Å². The van der Waals surface area contributed by atoms with E-state index in [-0.39, 0.29) is 24.4 Å². The van der Waals surface area contributed by atoms with Crippen LogP contribution in [-0.2, 0) is 19.2 Å². The molecule has 6 heteroatoms. The average molecular weight is 214 g/mol. The number of amides is 2. The predicted octanol–water partition coefficient (Wildman–Crippen LogP) is -0.954. The van der Waals surface area contributed by atoms with Crippen LogP contribution in [0.15, 0.2) is 0 Å². The molecule has 0 spiro atoms. The Morgan fingerprint density at radius 2 is 1.40 bits per heavy atom. The molecule has 1 saturated carbocycles. The zero-order valence-corrected chi connectivity index (χ0v) is 8.32. The van der Waals surface area contributed by atoms with E-state index in [0.29, 0.717) is 12.8 Å². The smallest absolute Gasteiger partial charge is 0.226 e. The molecule has 0 aromatic rings. The summed E-state index contributed by atoms with van der Waals surface area (Å²) in [6.45, 7) is 0. The fourth-order valence-corrected chi connectivity index (χ4v) is 1.05. The Labute approximate surface area is 87.0 Å². The predicted molar refractivity (Wildman–Crippen MR) is 51.5 cm³/mol. The highest BCUT2D eigenvalue weighted by atomic mass is 16.2. The molecule has 0 heterocycles. The lowest BCUT2D eigenvalue weighted by atomic mass is 9.98. The van der Waals surface area contributed by atoms with Gasteiger partial charge < -0.3 is 11.5 Å². The number of Topliss-reactive ketones (excluding diaryl/α,β-unsaturated/α-hetero) is 2. The first-order chi connectivity index (χ1) is 6.91. The summed E-state index contributed by atoms with van der Waals surface area (Å²) in [6, 6.07) is 0. The van der Waals surface area contributed by atoms with Crippen LogP contribution in [0.25, 0.3) is 0 Å².